The summed E-state index contributed by atoms with van der Waals surface area (Å²) in [5, 5.41) is 6.78. The quantitative estimate of drug-likeness (QED) is 0.567. The number of methoxy groups -OCH3 is 1. The first-order valence-electron chi connectivity index (χ1n) is 10.2. The van der Waals surface area contributed by atoms with Crippen molar-refractivity contribution in [3.05, 3.63) is 59.7 Å². The molecule has 0 saturated carbocycles. The summed E-state index contributed by atoms with van der Waals surface area (Å²) in [5.74, 6) is -0.253. The predicted molar refractivity (Wildman–Crippen MR) is 126 cm³/mol. The van der Waals surface area contributed by atoms with E-state index in [1.165, 1.54) is 12.5 Å². The molecule has 0 aliphatic carbocycles. The standard InChI is InChI=1S/C13H19NO2.C12H19NO/c1-10(15)16-9-11-5-7-12(8-6-11)14-13(2,3)4;1-12(2,3)13-11-7-5-10(6-8-11)9-14-4/h5-8,14H,9H2,1-4H3;5-8,13H,9H2,1-4H3. The molecule has 166 valence electrons. The zero-order valence-electron chi connectivity index (χ0n) is 19.8. The molecule has 0 bridgehead atoms. The third-order valence-electron chi connectivity index (χ3n) is 3.70. The zero-order valence-corrected chi connectivity index (χ0v) is 19.8. The Kier molecular flexibility index (Phi) is 9.86. The van der Waals surface area contributed by atoms with Crippen LogP contribution in [0.2, 0.25) is 0 Å². The van der Waals surface area contributed by atoms with Crippen LogP contribution in [0.25, 0.3) is 0 Å². The molecule has 0 saturated heterocycles. The van der Waals surface area contributed by atoms with Crippen LogP contribution in [0.4, 0.5) is 11.4 Å². The fourth-order valence-electron chi connectivity index (χ4n) is 2.59. The average Bonchev–Trinajstić information content (AvgIpc) is 2.61. The van der Waals surface area contributed by atoms with E-state index < -0.39 is 0 Å². The van der Waals surface area contributed by atoms with E-state index in [1.807, 2.05) is 24.3 Å². The minimum absolute atomic E-state index is 0.0530. The number of ether oxygens (including phenoxy) is 2. The van der Waals surface area contributed by atoms with Crippen LogP contribution < -0.4 is 10.6 Å². The molecule has 0 aromatic heterocycles. The van der Waals surface area contributed by atoms with Crippen molar-refractivity contribution < 1.29 is 14.3 Å². The van der Waals surface area contributed by atoms with Gasteiger partial charge in [0.25, 0.3) is 0 Å². The lowest BCUT2D eigenvalue weighted by atomic mass is 10.1. The van der Waals surface area contributed by atoms with Gasteiger partial charge in [-0.05, 0) is 76.9 Å². The molecule has 0 unspecified atom stereocenters. The number of carbonyl (C=O) groups excluding carboxylic acids is 1. The monoisotopic (exact) mass is 414 g/mol. The lowest BCUT2D eigenvalue weighted by molar-refractivity contribution is -0.142. The maximum Gasteiger partial charge on any atom is 0.302 e. The van der Waals surface area contributed by atoms with Gasteiger partial charge in [-0.15, -0.1) is 0 Å². The number of nitrogens with one attached hydrogen (secondary N) is 2. The van der Waals surface area contributed by atoms with Gasteiger partial charge in [-0.2, -0.15) is 0 Å². The van der Waals surface area contributed by atoms with Gasteiger partial charge in [0.1, 0.15) is 6.61 Å². The fourth-order valence-corrected chi connectivity index (χ4v) is 2.59. The van der Waals surface area contributed by atoms with E-state index >= 15 is 0 Å². The molecular weight excluding hydrogens is 376 g/mol. The Balaban J connectivity index is 0.000000303. The van der Waals surface area contributed by atoms with Crippen LogP contribution in [0.5, 0.6) is 0 Å². The van der Waals surface area contributed by atoms with E-state index in [4.69, 9.17) is 9.47 Å². The number of carbonyl (C=O) groups is 1. The van der Waals surface area contributed by atoms with Crippen LogP contribution in [0, 0.1) is 0 Å². The van der Waals surface area contributed by atoms with Gasteiger partial charge in [-0.25, -0.2) is 0 Å². The first-order valence-corrected chi connectivity index (χ1v) is 10.2. The van der Waals surface area contributed by atoms with Crippen molar-refractivity contribution in [1.29, 1.82) is 0 Å². The van der Waals surface area contributed by atoms with Crippen LogP contribution in [0.1, 0.15) is 59.6 Å². The van der Waals surface area contributed by atoms with Gasteiger partial charge < -0.3 is 20.1 Å². The van der Waals surface area contributed by atoms with Gasteiger partial charge in [0.2, 0.25) is 0 Å². The molecular formula is C25H38N2O3. The molecule has 2 rings (SSSR count). The fraction of sp³-hybridized carbons (Fsp3) is 0.480. The van der Waals surface area contributed by atoms with Crippen LogP contribution in [-0.4, -0.2) is 24.2 Å². The van der Waals surface area contributed by atoms with Crippen LogP contribution >= 0.6 is 0 Å². The molecule has 30 heavy (non-hydrogen) atoms. The molecule has 0 fully saturated rings. The van der Waals surface area contributed by atoms with E-state index in [2.05, 4.69) is 76.4 Å². The van der Waals surface area contributed by atoms with E-state index in [0.29, 0.717) is 13.2 Å². The molecule has 0 radical (unpaired) electrons. The van der Waals surface area contributed by atoms with Crippen molar-refractivity contribution in [3.63, 3.8) is 0 Å². The minimum Gasteiger partial charge on any atom is -0.461 e. The van der Waals surface area contributed by atoms with Gasteiger partial charge in [0, 0.05) is 36.5 Å². The third kappa shape index (κ3) is 12.1. The largest absolute Gasteiger partial charge is 0.461 e. The first-order chi connectivity index (χ1) is 13.9. The summed E-state index contributed by atoms with van der Waals surface area (Å²) in [4.78, 5) is 10.6. The molecule has 0 aliphatic rings. The van der Waals surface area contributed by atoms with Gasteiger partial charge >= 0.3 is 5.97 Å². The number of hydrogen-bond acceptors (Lipinski definition) is 5. The second-order valence-corrected chi connectivity index (χ2v) is 9.36. The number of anilines is 2. The Hall–Kier alpha value is -2.53. The van der Waals surface area contributed by atoms with E-state index in [0.717, 1.165) is 16.9 Å². The molecule has 0 heterocycles. The van der Waals surface area contributed by atoms with E-state index in [1.54, 1.807) is 7.11 Å². The molecule has 2 aromatic carbocycles. The highest BCUT2D eigenvalue weighted by Gasteiger charge is 2.09. The summed E-state index contributed by atoms with van der Waals surface area (Å²) in [5.41, 5.74) is 4.58. The second-order valence-electron chi connectivity index (χ2n) is 9.36. The highest BCUT2D eigenvalue weighted by Crippen LogP contribution is 2.16. The van der Waals surface area contributed by atoms with Gasteiger partial charge in [0.05, 0.1) is 6.61 Å². The van der Waals surface area contributed by atoms with E-state index in [-0.39, 0.29) is 17.0 Å². The summed E-state index contributed by atoms with van der Waals surface area (Å²) in [6.07, 6.45) is 0. The van der Waals surface area contributed by atoms with Gasteiger partial charge in [-0.3, -0.25) is 4.79 Å². The number of rotatable bonds is 6. The third-order valence-corrected chi connectivity index (χ3v) is 3.70. The van der Waals surface area contributed by atoms with Crippen LogP contribution in [0.15, 0.2) is 48.5 Å². The molecule has 2 N–H and O–H groups in total. The van der Waals surface area contributed by atoms with Crippen molar-refractivity contribution in [2.24, 2.45) is 0 Å². The summed E-state index contributed by atoms with van der Waals surface area (Å²) in [6.45, 7) is 15.2. The Morgan fingerprint density at radius 2 is 1.10 bits per heavy atom. The number of esters is 1. The van der Waals surface area contributed by atoms with Crippen molar-refractivity contribution in [3.8, 4) is 0 Å². The summed E-state index contributed by atoms with van der Waals surface area (Å²) in [6, 6.07) is 16.2. The van der Waals surface area contributed by atoms with Crippen LogP contribution in [-0.2, 0) is 27.5 Å². The van der Waals surface area contributed by atoms with E-state index in [9.17, 15) is 4.79 Å². The highest BCUT2D eigenvalue weighted by atomic mass is 16.5. The Bertz CT molecular complexity index is 755. The van der Waals surface area contributed by atoms with Crippen LogP contribution in [0.3, 0.4) is 0 Å². The van der Waals surface area contributed by atoms with Crippen molar-refractivity contribution in [2.45, 2.75) is 72.8 Å². The molecule has 0 atom stereocenters. The Labute approximate surface area is 182 Å². The molecule has 0 spiro atoms. The molecule has 0 amide bonds. The molecule has 5 heteroatoms. The maximum atomic E-state index is 10.6. The highest BCUT2D eigenvalue weighted by molar-refractivity contribution is 5.66. The summed E-state index contributed by atoms with van der Waals surface area (Å²) >= 11 is 0. The van der Waals surface area contributed by atoms with Crippen molar-refractivity contribution in [1.82, 2.24) is 0 Å². The Morgan fingerprint density at radius 1 is 0.733 bits per heavy atom. The van der Waals surface area contributed by atoms with Gasteiger partial charge in [0.15, 0.2) is 0 Å². The second kappa shape index (κ2) is 11.6. The SMILES string of the molecule is CC(=O)OCc1ccc(NC(C)(C)C)cc1.COCc1ccc(NC(C)(C)C)cc1. The summed E-state index contributed by atoms with van der Waals surface area (Å²) < 4.78 is 9.96. The van der Waals surface area contributed by atoms with Crippen molar-refractivity contribution in [2.75, 3.05) is 17.7 Å². The lowest BCUT2D eigenvalue weighted by Gasteiger charge is -2.22. The lowest BCUT2D eigenvalue weighted by Crippen LogP contribution is -2.25. The number of benzene rings is 2. The van der Waals surface area contributed by atoms with Crippen molar-refractivity contribution >= 4 is 17.3 Å². The minimum atomic E-state index is -0.253. The predicted octanol–water partition coefficient (Wildman–Crippen LogP) is 6.00. The number of hydrogen-bond donors (Lipinski definition) is 2. The topological polar surface area (TPSA) is 59.6 Å². The Morgan fingerprint density at radius 3 is 1.40 bits per heavy atom. The molecule has 0 aliphatic heterocycles. The smallest absolute Gasteiger partial charge is 0.302 e. The van der Waals surface area contributed by atoms with Gasteiger partial charge in [-0.1, -0.05) is 24.3 Å². The molecule has 5 nitrogen and oxygen atoms in total. The maximum absolute atomic E-state index is 10.6. The normalized spacial score (nSPS) is 11.2. The zero-order chi connectivity index (χ0) is 22.8. The average molecular weight is 415 g/mol. The first kappa shape index (κ1) is 25.5. The molecule has 2 aromatic rings. The summed E-state index contributed by atoms with van der Waals surface area (Å²) in [7, 11) is 1.71.